The fourth-order valence-corrected chi connectivity index (χ4v) is 7.61. The van der Waals surface area contributed by atoms with Gasteiger partial charge in [0.1, 0.15) is 19.5 Å². The molecule has 5 heterocycles. The molecule has 222 valence electrons. The maximum absolute atomic E-state index is 13.7. The van der Waals surface area contributed by atoms with Gasteiger partial charge in [0.2, 0.25) is 11.8 Å². The number of hydrogen-bond acceptors (Lipinski definition) is 12. The van der Waals surface area contributed by atoms with Gasteiger partial charge in [-0.15, -0.1) is 22.7 Å². The number of nitrogens with zero attached hydrogens (tertiary/aromatic N) is 2. The van der Waals surface area contributed by atoms with Crippen molar-refractivity contribution in [3.05, 3.63) is 57.5 Å². The smallest absolute Gasteiger partial charge is 0.263 e. The van der Waals surface area contributed by atoms with Crippen LogP contribution in [0.1, 0.15) is 19.8 Å². The number of thiophene rings is 2. The second-order valence-electron chi connectivity index (χ2n) is 9.58. The first-order chi connectivity index (χ1) is 20.3. The number of carbonyl (C=O) groups is 4. The molecule has 4 unspecified atom stereocenters. The van der Waals surface area contributed by atoms with E-state index in [2.05, 4.69) is 6.58 Å². The number of rotatable bonds is 11. The highest BCUT2D eigenvalue weighted by molar-refractivity contribution is 7.98. The quantitative estimate of drug-likeness (QED) is 0.107. The van der Waals surface area contributed by atoms with Crippen LogP contribution in [0.25, 0.3) is 0 Å². The molecular formula is C28H28N2O8S4. The van der Waals surface area contributed by atoms with E-state index in [1.165, 1.54) is 57.2 Å². The molecule has 42 heavy (non-hydrogen) atoms. The van der Waals surface area contributed by atoms with Crippen LogP contribution >= 0.6 is 46.6 Å². The summed E-state index contributed by atoms with van der Waals surface area (Å²) in [6, 6.07) is 0. The predicted molar refractivity (Wildman–Crippen MR) is 163 cm³/mol. The molecule has 10 nitrogen and oxygen atoms in total. The highest BCUT2D eigenvalue weighted by Crippen LogP contribution is 2.41. The molecule has 2 aromatic heterocycles. The summed E-state index contributed by atoms with van der Waals surface area (Å²) in [7, 11) is 1.68. The molecule has 4 atom stereocenters. The molecule has 0 N–H and O–H groups in total. The average Bonchev–Trinajstić information content (AvgIpc) is 3.66. The van der Waals surface area contributed by atoms with Crippen molar-refractivity contribution >= 4 is 70.6 Å². The normalized spacial score (nSPS) is 22.3. The Morgan fingerprint density at radius 1 is 1.10 bits per heavy atom. The van der Waals surface area contributed by atoms with Crippen LogP contribution in [0.3, 0.4) is 0 Å². The van der Waals surface area contributed by atoms with Crippen LogP contribution in [0.5, 0.6) is 23.0 Å². The van der Waals surface area contributed by atoms with E-state index in [0.29, 0.717) is 47.9 Å². The summed E-state index contributed by atoms with van der Waals surface area (Å²) in [5, 5.41) is 7.34. The Balaban J connectivity index is 1.24. The molecule has 0 radical (unpaired) electrons. The molecule has 3 aliphatic heterocycles. The van der Waals surface area contributed by atoms with E-state index in [-0.39, 0.29) is 29.9 Å². The zero-order valence-corrected chi connectivity index (χ0v) is 26.0. The molecule has 3 amide bonds. The van der Waals surface area contributed by atoms with Crippen molar-refractivity contribution in [2.24, 2.45) is 11.8 Å². The number of imide groups is 1. The average molecular weight is 649 g/mol. The number of carbonyl (C=O) groups excluding carboxylic acids is 4. The summed E-state index contributed by atoms with van der Waals surface area (Å²) in [6.07, 6.45) is 5.45. The third kappa shape index (κ3) is 6.72. The molecule has 3 aliphatic rings. The van der Waals surface area contributed by atoms with Crippen molar-refractivity contribution < 1.29 is 38.1 Å². The summed E-state index contributed by atoms with van der Waals surface area (Å²) in [6.45, 7) is 5.90. The van der Waals surface area contributed by atoms with Gasteiger partial charge in [-0.05, 0) is 24.5 Å². The Hall–Kier alpha value is -3.20. The molecule has 2 aromatic rings. The van der Waals surface area contributed by atoms with Gasteiger partial charge in [-0.3, -0.25) is 23.5 Å². The number of ether oxygens (including phenoxy) is 4. The van der Waals surface area contributed by atoms with E-state index in [0.717, 1.165) is 16.3 Å². The molecule has 5 rings (SSSR count). The minimum atomic E-state index is -0.758. The van der Waals surface area contributed by atoms with Gasteiger partial charge in [0, 0.05) is 70.0 Å². The van der Waals surface area contributed by atoms with Crippen molar-refractivity contribution in [2.75, 3.05) is 20.3 Å². The molecule has 0 aromatic carbocycles. The van der Waals surface area contributed by atoms with Crippen LogP contribution in [0, 0.1) is 11.8 Å². The van der Waals surface area contributed by atoms with E-state index in [1.54, 1.807) is 19.4 Å². The van der Waals surface area contributed by atoms with E-state index in [9.17, 15) is 19.2 Å². The molecule has 0 saturated heterocycles. The van der Waals surface area contributed by atoms with Crippen LogP contribution in [0.2, 0.25) is 0 Å². The van der Waals surface area contributed by atoms with Crippen LogP contribution in [0.15, 0.2) is 57.5 Å². The SMILES string of the molecule is C=C/C(C=O)=C\C1=CC(=O)N(SC2COc3cscc3O2)C(=O)C1CCC(C)C(=O)N(C)SC1COc2cscc2O1. The first-order valence-corrected chi connectivity index (χ1v) is 16.5. The Morgan fingerprint density at radius 3 is 2.36 bits per heavy atom. The fourth-order valence-electron chi connectivity index (χ4n) is 4.46. The van der Waals surface area contributed by atoms with Crippen LogP contribution in [-0.2, 0) is 19.2 Å². The fraction of sp³-hybridized carbons (Fsp3) is 0.357. The Bertz CT molecular complexity index is 1420. The van der Waals surface area contributed by atoms with Crippen molar-refractivity contribution in [2.45, 2.75) is 30.6 Å². The largest absolute Gasteiger partial charge is 0.484 e. The lowest BCUT2D eigenvalue weighted by atomic mass is 9.86. The van der Waals surface area contributed by atoms with Gasteiger partial charge in [0.25, 0.3) is 5.91 Å². The Kier molecular flexibility index (Phi) is 9.66. The third-order valence-electron chi connectivity index (χ3n) is 6.67. The molecule has 0 aliphatic carbocycles. The van der Waals surface area contributed by atoms with Crippen LogP contribution in [0.4, 0.5) is 0 Å². The second kappa shape index (κ2) is 13.4. The Labute approximate surface area is 259 Å². The molecule has 14 heteroatoms. The van der Waals surface area contributed by atoms with E-state index in [1.807, 2.05) is 16.1 Å². The zero-order valence-electron chi connectivity index (χ0n) is 22.8. The van der Waals surface area contributed by atoms with Gasteiger partial charge in [-0.2, -0.15) is 0 Å². The van der Waals surface area contributed by atoms with Gasteiger partial charge >= 0.3 is 0 Å². The van der Waals surface area contributed by atoms with E-state index >= 15 is 0 Å². The summed E-state index contributed by atoms with van der Waals surface area (Å²) in [5.41, 5.74) is -0.342. The molecule has 0 spiro atoms. The molecular weight excluding hydrogens is 621 g/mol. The monoisotopic (exact) mass is 648 g/mol. The lowest BCUT2D eigenvalue weighted by molar-refractivity contribution is -0.139. The zero-order chi connectivity index (χ0) is 29.8. The maximum Gasteiger partial charge on any atom is 0.263 e. The number of amides is 3. The van der Waals surface area contributed by atoms with Gasteiger partial charge in [-0.1, -0.05) is 19.6 Å². The van der Waals surface area contributed by atoms with Gasteiger partial charge in [0.15, 0.2) is 33.9 Å². The van der Waals surface area contributed by atoms with E-state index < -0.39 is 29.1 Å². The topological polar surface area (TPSA) is 112 Å². The minimum absolute atomic E-state index is 0.134. The lowest BCUT2D eigenvalue weighted by Gasteiger charge is -2.33. The number of allylic oxidation sites excluding steroid dienone is 3. The maximum atomic E-state index is 13.7. The summed E-state index contributed by atoms with van der Waals surface area (Å²) >= 11 is 5.11. The summed E-state index contributed by atoms with van der Waals surface area (Å²) in [4.78, 5) is 51.5. The van der Waals surface area contributed by atoms with Gasteiger partial charge in [0.05, 0.1) is 5.92 Å². The van der Waals surface area contributed by atoms with Crippen molar-refractivity contribution in [1.82, 2.24) is 8.61 Å². The van der Waals surface area contributed by atoms with Gasteiger partial charge < -0.3 is 18.9 Å². The highest BCUT2D eigenvalue weighted by Gasteiger charge is 2.39. The van der Waals surface area contributed by atoms with Crippen LogP contribution < -0.4 is 18.9 Å². The highest BCUT2D eigenvalue weighted by atomic mass is 32.2. The number of aldehydes is 1. The number of fused-ring (bicyclic) bond motifs is 2. The summed E-state index contributed by atoms with van der Waals surface area (Å²) in [5.74, 6) is 0.244. The molecule has 0 saturated carbocycles. The summed E-state index contributed by atoms with van der Waals surface area (Å²) < 4.78 is 25.8. The predicted octanol–water partition coefficient (Wildman–Crippen LogP) is 5.10. The van der Waals surface area contributed by atoms with Crippen molar-refractivity contribution in [1.29, 1.82) is 0 Å². The molecule has 0 fully saturated rings. The van der Waals surface area contributed by atoms with Crippen LogP contribution in [-0.4, -0.2) is 63.8 Å². The first kappa shape index (κ1) is 30.3. The molecule has 0 bridgehead atoms. The minimum Gasteiger partial charge on any atom is -0.484 e. The number of hydrogen-bond donors (Lipinski definition) is 0. The van der Waals surface area contributed by atoms with Crippen molar-refractivity contribution in [3.8, 4) is 23.0 Å². The third-order valence-corrected chi connectivity index (χ3v) is 10.1. The van der Waals surface area contributed by atoms with E-state index in [4.69, 9.17) is 18.9 Å². The van der Waals surface area contributed by atoms with Crippen molar-refractivity contribution in [3.63, 3.8) is 0 Å². The second-order valence-corrected chi connectivity index (χ2v) is 13.4. The van der Waals surface area contributed by atoms with Gasteiger partial charge in [-0.25, -0.2) is 4.31 Å². The Morgan fingerprint density at radius 2 is 1.71 bits per heavy atom. The lowest BCUT2D eigenvalue weighted by Crippen LogP contribution is -2.43. The standard InChI is InChI=1S/C28H28N2O8S4/c1-4-17(9-31)7-18-8-24(32)30(42-26-11-36-21-13-40-15-23(21)38-26)28(34)19(18)6-5-16(2)27(33)29(3)41-25-10-35-20-12-39-14-22(20)37-25/h4,7-9,12-16,19,25-26H,1,5-6,10-11H2,2-3H3/b17-7+. The first-order valence-electron chi connectivity index (χ1n) is 13.0.